The van der Waals surface area contributed by atoms with Crippen molar-refractivity contribution in [2.45, 2.75) is 10.8 Å². The SMILES string of the molecule is C=CCn1c(=NS(=O)(=O)c2cccs2)sc2cc(F)cc(F)c21. The number of halogens is 2. The normalized spacial score (nSPS) is 12.9. The summed E-state index contributed by atoms with van der Waals surface area (Å²) in [4.78, 5) is 0.0674. The molecule has 0 amide bonds. The first-order valence-corrected chi connectivity index (χ1v) is 9.50. The standard InChI is InChI=1S/C14H10F2N2O2S3/c1-2-5-18-13-10(16)7-9(15)8-11(13)22-14(18)17-23(19,20)12-4-3-6-21-12/h2-4,6-8H,1,5H2. The van der Waals surface area contributed by atoms with Crippen LogP contribution in [0, 0.1) is 11.6 Å². The maximum absolute atomic E-state index is 14.1. The number of nitrogens with zero attached hydrogens (tertiary/aromatic N) is 2. The van der Waals surface area contributed by atoms with Gasteiger partial charge in [-0.05, 0) is 17.5 Å². The number of hydrogen-bond acceptors (Lipinski definition) is 4. The summed E-state index contributed by atoms with van der Waals surface area (Å²) in [5, 5.41) is 1.63. The molecule has 0 saturated heterocycles. The van der Waals surface area contributed by atoms with E-state index in [1.165, 1.54) is 16.7 Å². The Labute approximate surface area is 138 Å². The van der Waals surface area contributed by atoms with Crippen LogP contribution in [0.15, 0.2) is 50.9 Å². The lowest BCUT2D eigenvalue weighted by Gasteiger charge is -2.02. The molecule has 0 N–H and O–H groups in total. The van der Waals surface area contributed by atoms with Crippen molar-refractivity contribution in [2.75, 3.05) is 0 Å². The molecule has 0 aliphatic carbocycles. The number of fused-ring (bicyclic) bond motifs is 1. The highest BCUT2D eigenvalue weighted by Gasteiger charge is 2.17. The van der Waals surface area contributed by atoms with Gasteiger partial charge in [0.2, 0.25) is 4.80 Å². The number of benzene rings is 1. The largest absolute Gasteiger partial charge is 0.309 e. The molecule has 120 valence electrons. The Kier molecular flexibility index (Phi) is 4.17. The molecule has 0 atom stereocenters. The summed E-state index contributed by atoms with van der Waals surface area (Å²) in [6, 6.07) is 4.95. The summed E-state index contributed by atoms with van der Waals surface area (Å²) in [7, 11) is -3.90. The number of hydrogen-bond donors (Lipinski definition) is 0. The highest BCUT2D eigenvalue weighted by Crippen LogP contribution is 2.23. The maximum atomic E-state index is 14.1. The highest BCUT2D eigenvalue weighted by atomic mass is 32.2. The van der Waals surface area contributed by atoms with Crippen molar-refractivity contribution in [3.05, 3.63) is 58.7 Å². The minimum absolute atomic E-state index is 0.0674. The molecule has 4 nitrogen and oxygen atoms in total. The van der Waals surface area contributed by atoms with Gasteiger partial charge in [0.1, 0.15) is 10.0 Å². The van der Waals surface area contributed by atoms with E-state index < -0.39 is 21.7 Å². The van der Waals surface area contributed by atoms with Crippen LogP contribution in [0.5, 0.6) is 0 Å². The van der Waals surface area contributed by atoms with Gasteiger partial charge in [-0.2, -0.15) is 8.42 Å². The Morgan fingerprint density at radius 3 is 2.78 bits per heavy atom. The van der Waals surface area contributed by atoms with Gasteiger partial charge in [0.05, 0.1) is 10.2 Å². The van der Waals surface area contributed by atoms with E-state index in [4.69, 9.17) is 0 Å². The average molecular weight is 372 g/mol. The molecule has 0 saturated carbocycles. The molecule has 0 aliphatic rings. The summed E-state index contributed by atoms with van der Waals surface area (Å²) in [5.74, 6) is -1.50. The Morgan fingerprint density at radius 2 is 2.13 bits per heavy atom. The second kappa shape index (κ2) is 5.99. The zero-order chi connectivity index (χ0) is 16.6. The van der Waals surface area contributed by atoms with Crippen LogP contribution in [-0.2, 0) is 16.6 Å². The van der Waals surface area contributed by atoms with Crippen LogP contribution in [0.2, 0.25) is 0 Å². The lowest BCUT2D eigenvalue weighted by molar-refractivity contribution is 0.585. The number of sulfonamides is 1. The molecule has 0 spiro atoms. The smallest absolute Gasteiger partial charge is 0.294 e. The first-order valence-electron chi connectivity index (χ1n) is 6.36. The van der Waals surface area contributed by atoms with Crippen molar-refractivity contribution >= 4 is 42.9 Å². The molecule has 3 rings (SSSR count). The molecule has 0 bridgehead atoms. The van der Waals surface area contributed by atoms with Crippen molar-refractivity contribution < 1.29 is 17.2 Å². The fourth-order valence-corrected chi connectivity index (χ4v) is 5.31. The van der Waals surface area contributed by atoms with Crippen LogP contribution in [0.3, 0.4) is 0 Å². The van der Waals surface area contributed by atoms with E-state index in [1.54, 1.807) is 11.4 Å². The number of allylic oxidation sites excluding steroid dienone is 1. The first kappa shape index (κ1) is 16.0. The van der Waals surface area contributed by atoms with Crippen LogP contribution in [-0.4, -0.2) is 13.0 Å². The Morgan fingerprint density at radius 1 is 1.35 bits per heavy atom. The van der Waals surface area contributed by atoms with Gasteiger partial charge in [0, 0.05) is 12.6 Å². The predicted octanol–water partition coefficient (Wildman–Crippen LogP) is 3.52. The lowest BCUT2D eigenvalue weighted by atomic mass is 10.3. The molecule has 9 heteroatoms. The van der Waals surface area contributed by atoms with Gasteiger partial charge in [-0.1, -0.05) is 23.5 Å². The third kappa shape index (κ3) is 2.99. The van der Waals surface area contributed by atoms with Gasteiger partial charge in [-0.25, -0.2) is 8.78 Å². The number of thiophene rings is 1. The molecule has 23 heavy (non-hydrogen) atoms. The van der Waals surface area contributed by atoms with E-state index in [-0.39, 0.29) is 25.8 Å². The molecule has 0 radical (unpaired) electrons. The van der Waals surface area contributed by atoms with Crippen LogP contribution in [0.1, 0.15) is 0 Å². The Bertz CT molecular complexity index is 1050. The fraction of sp³-hybridized carbons (Fsp3) is 0.0714. The first-order chi connectivity index (χ1) is 10.9. The molecule has 0 unspecified atom stereocenters. The van der Waals surface area contributed by atoms with Crippen LogP contribution in [0.4, 0.5) is 8.78 Å². The van der Waals surface area contributed by atoms with Crippen molar-refractivity contribution in [2.24, 2.45) is 4.40 Å². The van der Waals surface area contributed by atoms with Gasteiger partial charge in [-0.15, -0.1) is 22.3 Å². The molecular weight excluding hydrogens is 362 g/mol. The second-order valence-corrected chi connectivity index (χ2v) is 8.30. The Balaban J connectivity index is 2.33. The summed E-state index contributed by atoms with van der Waals surface area (Å²) < 4.78 is 57.6. The quantitative estimate of drug-likeness (QED) is 0.658. The zero-order valence-electron chi connectivity index (χ0n) is 11.6. The average Bonchev–Trinajstić information content (AvgIpc) is 3.08. The minimum atomic E-state index is -3.90. The molecule has 0 fully saturated rings. The second-order valence-electron chi connectivity index (χ2n) is 4.52. The summed E-state index contributed by atoms with van der Waals surface area (Å²) in [6.45, 7) is 3.73. The lowest BCUT2D eigenvalue weighted by Crippen LogP contribution is -2.16. The maximum Gasteiger partial charge on any atom is 0.294 e. The van der Waals surface area contributed by atoms with Gasteiger partial charge >= 0.3 is 0 Å². The van der Waals surface area contributed by atoms with Crippen molar-refractivity contribution in [3.63, 3.8) is 0 Å². The van der Waals surface area contributed by atoms with Crippen molar-refractivity contribution in [1.82, 2.24) is 4.57 Å². The molecule has 2 heterocycles. The van der Waals surface area contributed by atoms with E-state index >= 15 is 0 Å². The van der Waals surface area contributed by atoms with Crippen LogP contribution >= 0.6 is 22.7 Å². The van der Waals surface area contributed by atoms with E-state index in [2.05, 4.69) is 11.0 Å². The van der Waals surface area contributed by atoms with E-state index in [1.807, 2.05) is 0 Å². The van der Waals surface area contributed by atoms with Crippen molar-refractivity contribution in [3.8, 4) is 0 Å². The van der Waals surface area contributed by atoms with Gasteiger partial charge in [0.25, 0.3) is 10.0 Å². The van der Waals surface area contributed by atoms with E-state index in [0.29, 0.717) is 0 Å². The summed E-state index contributed by atoms with van der Waals surface area (Å²) >= 11 is 1.95. The topological polar surface area (TPSA) is 51.4 Å². The number of aromatic nitrogens is 1. The highest BCUT2D eigenvalue weighted by molar-refractivity contribution is 7.92. The van der Waals surface area contributed by atoms with E-state index in [0.717, 1.165) is 34.8 Å². The fourth-order valence-electron chi connectivity index (χ4n) is 2.06. The summed E-state index contributed by atoms with van der Waals surface area (Å²) in [5.41, 5.74) is 0.108. The van der Waals surface area contributed by atoms with Gasteiger partial charge in [0.15, 0.2) is 5.82 Å². The molecule has 0 aliphatic heterocycles. The number of rotatable bonds is 4. The van der Waals surface area contributed by atoms with Crippen LogP contribution < -0.4 is 4.80 Å². The van der Waals surface area contributed by atoms with Crippen LogP contribution in [0.25, 0.3) is 10.2 Å². The van der Waals surface area contributed by atoms with Crippen molar-refractivity contribution in [1.29, 1.82) is 0 Å². The third-order valence-electron chi connectivity index (χ3n) is 2.95. The van der Waals surface area contributed by atoms with Gasteiger partial charge < -0.3 is 4.57 Å². The molecule has 2 aromatic heterocycles. The summed E-state index contributed by atoms with van der Waals surface area (Å²) in [6.07, 6.45) is 1.49. The van der Waals surface area contributed by atoms with Gasteiger partial charge in [-0.3, -0.25) is 0 Å². The molecule has 1 aromatic carbocycles. The minimum Gasteiger partial charge on any atom is -0.309 e. The zero-order valence-corrected chi connectivity index (χ0v) is 14.0. The third-order valence-corrected chi connectivity index (χ3v) is 6.74. The molecule has 3 aromatic rings. The van der Waals surface area contributed by atoms with E-state index in [9.17, 15) is 17.2 Å². The predicted molar refractivity (Wildman–Crippen MR) is 87.0 cm³/mol. The molecular formula is C14H10F2N2O2S3. The number of thiazole rings is 1. The Hall–Kier alpha value is -1.84. The monoisotopic (exact) mass is 372 g/mol.